The molecule has 1 aromatic carbocycles. The summed E-state index contributed by atoms with van der Waals surface area (Å²) in [6.45, 7) is 4.34. The third-order valence-electron chi connectivity index (χ3n) is 5.60. The number of hydrogen-bond acceptors (Lipinski definition) is 1. The Balaban J connectivity index is 1.94. The highest BCUT2D eigenvalue weighted by atomic mass is 16.3. The van der Waals surface area contributed by atoms with Gasteiger partial charge in [-0.1, -0.05) is 122 Å². The van der Waals surface area contributed by atoms with E-state index in [2.05, 4.69) is 25.1 Å². The highest BCUT2D eigenvalue weighted by Crippen LogP contribution is 2.22. The third-order valence-corrected chi connectivity index (χ3v) is 5.60. The summed E-state index contributed by atoms with van der Waals surface area (Å²) in [6.07, 6.45) is 21.3. The van der Waals surface area contributed by atoms with Gasteiger partial charge in [0.2, 0.25) is 0 Å². The van der Waals surface area contributed by atoms with Gasteiger partial charge in [0.05, 0.1) is 6.10 Å². The van der Waals surface area contributed by atoms with E-state index in [4.69, 9.17) is 0 Å². The Morgan fingerprint density at radius 1 is 0.654 bits per heavy atom. The first-order valence-electron chi connectivity index (χ1n) is 11.6. The SMILES string of the molecule is CCCCCCCCCCCCCCCCc1ccccc1C(O)CC. The van der Waals surface area contributed by atoms with Crippen molar-refractivity contribution in [1.82, 2.24) is 0 Å². The second-order valence-corrected chi connectivity index (χ2v) is 7.97. The summed E-state index contributed by atoms with van der Waals surface area (Å²) in [5.41, 5.74) is 2.49. The van der Waals surface area contributed by atoms with Gasteiger partial charge in [-0.2, -0.15) is 0 Å². The monoisotopic (exact) mass is 360 g/mol. The predicted molar refractivity (Wildman–Crippen MR) is 116 cm³/mol. The minimum Gasteiger partial charge on any atom is -0.388 e. The van der Waals surface area contributed by atoms with Crippen LogP contribution >= 0.6 is 0 Å². The normalized spacial score (nSPS) is 12.4. The number of aliphatic hydroxyl groups excluding tert-OH is 1. The van der Waals surface area contributed by atoms with Crippen molar-refractivity contribution in [3.8, 4) is 0 Å². The minimum atomic E-state index is -0.294. The van der Waals surface area contributed by atoms with Crippen LogP contribution < -0.4 is 0 Å². The molecule has 0 fully saturated rings. The van der Waals surface area contributed by atoms with E-state index in [9.17, 15) is 5.11 Å². The fraction of sp³-hybridized carbons (Fsp3) is 0.760. The van der Waals surface area contributed by atoms with Gasteiger partial charge in [0.25, 0.3) is 0 Å². The smallest absolute Gasteiger partial charge is 0.0790 e. The van der Waals surface area contributed by atoms with Crippen molar-refractivity contribution in [2.24, 2.45) is 0 Å². The number of benzene rings is 1. The molecule has 0 spiro atoms. The summed E-state index contributed by atoms with van der Waals surface area (Å²) in [6, 6.07) is 8.43. The average molecular weight is 361 g/mol. The lowest BCUT2D eigenvalue weighted by Gasteiger charge is -2.13. The molecule has 0 radical (unpaired) electrons. The molecule has 1 N–H and O–H groups in total. The highest BCUT2D eigenvalue weighted by Gasteiger charge is 2.09. The number of aliphatic hydroxyl groups is 1. The molecule has 0 aromatic heterocycles. The van der Waals surface area contributed by atoms with Crippen LogP contribution in [0.15, 0.2) is 24.3 Å². The summed E-state index contributed by atoms with van der Waals surface area (Å²) in [7, 11) is 0. The first kappa shape index (κ1) is 23.2. The molecule has 0 bridgehead atoms. The van der Waals surface area contributed by atoms with Gasteiger partial charge in [-0.15, -0.1) is 0 Å². The van der Waals surface area contributed by atoms with Crippen molar-refractivity contribution in [2.75, 3.05) is 0 Å². The molecule has 0 aliphatic carbocycles. The summed E-state index contributed by atoms with van der Waals surface area (Å²) < 4.78 is 0. The summed E-state index contributed by atoms with van der Waals surface area (Å²) in [5.74, 6) is 0. The molecule has 150 valence electrons. The van der Waals surface area contributed by atoms with Gasteiger partial charge >= 0.3 is 0 Å². The Bertz CT molecular complexity index is 426. The summed E-state index contributed by atoms with van der Waals surface area (Å²) >= 11 is 0. The second kappa shape index (κ2) is 16.4. The number of unbranched alkanes of at least 4 members (excludes halogenated alkanes) is 13. The van der Waals surface area contributed by atoms with Crippen LogP contribution in [-0.2, 0) is 6.42 Å². The maximum absolute atomic E-state index is 10.1. The van der Waals surface area contributed by atoms with Gasteiger partial charge in [0.1, 0.15) is 0 Å². The molecule has 1 rings (SSSR count). The van der Waals surface area contributed by atoms with E-state index >= 15 is 0 Å². The Hall–Kier alpha value is -0.820. The predicted octanol–water partition coefficient (Wildman–Crippen LogP) is 8.15. The topological polar surface area (TPSA) is 20.2 Å². The van der Waals surface area contributed by atoms with E-state index in [1.807, 2.05) is 13.0 Å². The summed E-state index contributed by atoms with van der Waals surface area (Å²) in [5, 5.41) is 10.1. The van der Waals surface area contributed by atoms with Crippen molar-refractivity contribution >= 4 is 0 Å². The lowest BCUT2D eigenvalue weighted by atomic mass is 9.96. The quantitative estimate of drug-likeness (QED) is 0.278. The van der Waals surface area contributed by atoms with Crippen molar-refractivity contribution in [2.45, 2.75) is 123 Å². The molecule has 1 heteroatoms. The van der Waals surface area contributed by atoms with Crippen LogP contribution in [0.2, 0.25) is 0 Å². The van der Waals surface area contributed by atoms with Gasteiger partial charge in [-0.25, -0.2) is 0 Å². The van der Waals surface area contributed by atoms with Crippen LogP contribution in [0.3, 0.4) is 0 Å². The lowest BCUT2D eigenvalue weighted by molar-refractivity contribution is 0.172. The average Bonchev–Trinajstić information content (AvgIpc) is 2.68. The van der Waals surface area contributed by atoms with Crippen molar-refractivity contribution in [1.29, 1.82) is 0 Å². The standard InChI is InChI=1S/C25H44O/c1-3-5-6-7-8-9-10-11-12-13-14-15-16-17-20-23-21-18-19-22-24(23)25(26)4-2/h18-19,21-22,25-26H,3-17,20H2,1-2H3. The van der Waals surface area contributed by atoms with E-state index in [0.29, 0.717) is 0 Å². The van der Waals surface area contributed by atoms with E-state index < -0.39 is 0 Å². The third kappa shape index (κ3) is 11.0. The van der Waals surface area contributed by atoms with Crippen LogP contribution in [0, 0.1) is 0 Å². The maximum atomic E-state index is 10.1. The van der Waals surface area contributed by atoms with Crippen molar-refractivity contribution in [3.05, 3.63) is 35.4 Å². The Kier molecular flexibility index (Phi) is 14.6. The Morgan fingerprint density at radius 2 is 1.12 bits per heavy atom. The van der Waals surface area contributed by atoms with Crippen LogP contribution in [0.25, 0.3) is 0 Å². The molecule has 0 saturated carbocycles. The van der Waals surface area contributed by atoms with Gasteiger partial charge in [-0.05, 0) is 30.4 Å². The van der Waals surface area contributed by atoms with Crippen molar-refractivity contribution in [3.63, 3.8) is 0 Å². The van der Waals surface area contributed by atoms with Gasteiger partial charge in [0, 0.05) is 0 Å². The van der Waals surface area contributed by atoms with E-state index in [1.54, 1.807) is 0 Å². The molecule has 1 atom stereocenters. The maximum Gasteiger partial charge on any atom is 0.0790 e. The van der Waals surface area contributed by atoms with E-state index in [-0.39, 0.29) is 6.10 Å². The van der Waals surface area contributed by atoms with E-state index in [0.717, 1.165) is 18.4 Å². The molecule has 0 aliphatic heterocycles. The minimum absolute atomic E-state index is 0.294. The second-order valence-electron chi connectivity index (χ2n) is 7.97. The number of rotatable bonds is 17. The first-order valence-corrected chi connectivity index (χ1v) is 11.6. The zero-order valence-corrected chi connectivity index (χ0v) is 17.6. The van der Waals surface area contributed by atoms with Crippen LogP contribution in [0.1, 0.15) is 127 Å². The fourth-order valence-corrected chi connectivity index (χ4v) is 3.82. The largest absolute Gasteiger partial charge is 0.388 e. The van der Waals surface area contributed by atoms with Gasteiger partial charge in [-0.3, -0.25) is 0 Å². The molecule has 0 aliphatic rings. The molecular weight excluding hydrogens is 316 g/mol. The highest BCUT2D eigenvalue weighted by molar-refractivity contribution is 5.29. The summed E-state index contributed by atoms with van der Waals surface area (Å²) in [4.78, 5) is 0. The zero-order chi connectivity index (χ0) is 18.9. The molecule has 1 nitrogen and oxygen atoms in total. The molecule has 1 unspecified atom stereocenters. The number of hydrogen-bond donors (Lipinski definition) is 1. The molecule has 26 heavy (non-hydrogen) atoms. The fourth-order valence-electron chi connectivity index (χ4n) is 3.82. The van der Waals surface area contributed by atoms with Crippen LogP contribution in [0.4, 0.5) is 0 Å². The van der Waals surface area contributed by atoms with Gasteiger partial charge in [0.15, 0.2) is 0 Å². The molecule has 1 aromatic rings. The van der Waals surface area contributed by atoms with E-state index in [1.165, 1.54) is 95.5 Å². The Morgan fingerprint density at radius 3 is 1.62 bits per heavy atom. The van der Waals surface area contributed by atoms with Crippen LogP contribution in [-0.4, -0.2) is 5.11 Å². The zero-order valence-electron chi connectivity index (χ0n) is 17.6. The first-order chi connectivity index (χ1) is 12.8. The number of aryl methyl sites for hydroxylation is 1. The van der Waals surface area contributed by atoms with Gasteiger partial charge < -0.3 is 5.11 Å². The molecule has 0 saturated heterocycles. The molecule has 0 amide bonds. The molecular formula is C25H44O. The lowest BCUT2D eigenvalue weighted by Crippen LogP contribution is -2.01. The van der Waals surface area contributed by atoms with Crippen molar-refractivity contribution < 1.29 is 5.11 Å². The Labute approximate surface area is 163 Å². The van der Waals surface area contributed by atoms with Crippen LogP contribution in [0.5, 0.6) is 0 Å². The molecule has 0 heterocycles.